The Kier molecular flexibility index (Phi) is 6.45. The van der Waals surface area contributed by atoms with Crippen molar-refractivity contribution in [3.8, 4) is 0 Å². The lowest BCUT2D eigenvalue weighted by molar-refractivity contribution is 0.0843. The molecule has 11 heteroatoms. The SMILES string of the molecule is CC(C)n1nc(C(=O)NNC(=O)c2cccc(S(=O)(=O)N3CCc4ccccc43)c2)c2ccccc2c1=O. The lowest BCUT2D eigenvalue weighted by Crippen LogP contribution is -2.43. The van der Waals surface area contributed by atoms with Crippen LogP contribution in [0.25, 0.3) is 10.8 Å². The number of sulfonamides is 1. The molecule has 0 atom stereocenters. The maximum absolute atomic E-state index is 13.4. The Labute approximate surface area is 218 Å². The molecule has 10 nitrogen and oxygen atoms in total. The van der Waals surface area contributed by atoms with E-state index in [1.165, 1.54) is 33.3 Å². The van der Waals surface area contributed by atoms with E-state index in [0.29, 0.717) is 29.4 Å². The van der Waals surface area contributed by atoms with Crippen LogP contribution in [-0.2, 0) is 16.4 Å². The van der Waals surface area contributed by atoms with Gasteiger partial charge in [-0.2, -0.15) is 5.10 Å². The minimum Gasteiger partial charge on any atom is -0.267 e. The van der Waals surface area contributed by atoms with Crippen molar-refractivity contribution in [2.75, 3.05) is 10.8 Å². The monoisotopic (exact) mass is 531 g/mol. The number of aromatic nitrogens is 2. The topological polar surface area (TPSA) is 130 Å². The van der Waals surface area contributed by atoms with Crippen molar-refractivity contribution in [3.63, 3.8) is 0 Å². The molecule has 5 rings (SSSR count). The van der Waals surface area contributed by atoms with Gasteiger partial charge in [-0.3, -0.25) is 29.5 Å². The highest BCUT2D eigenvalue weighted by Gasteiger charge is 2.31. The summed E-state index contributed by atoms with van der Waals surface area (Å²) in [6.45, 7) is 3.86. The van der Waals surface area contributed by atoms with E-state index in [9.17, 15) is 22.8 Å². The van der Waals surface area contributed by atoms with Gasteiger partial charge in [-0.05, 0) is 56.2 Å². The molecule has 0 unspecified atom stereocenters. The molecule has 2 amide bonds. The minimum absolute atomic E-state index is 0.0294. The summed E-state index contributed by atoms with van der Waals surface area (Å²) >= 11 is 0. The standard InChI is InChI=1S/C27H25N5O5S/c1-17(2)32-27(35)22-12-5-4-11-21(22)24(30-32)26(34)29-28-25(33)19-9-7-10-20(16-19)38(36,37)31-15-14-18-8-3-6-13-23(18)31/h3-13,16-17H,14-15H2,1-2H3,(H,28,33)(H,29,34). The first-order valence-electron chi connectivity index (χ1n) is 12.0. The van der Waals surface area contributed by atoms with E-state index in [-0.39, 0.29) is 27.8 Å². The molecule has 0 spiro atoms. The van der Waals surface area contributed by atoms with Crippen molar-refractivity contribution in [1.82, 2.24) is 20.6 Å². The maximum atomic E-state index is 13.4. The molecular formula is C27H25N5O5S. The zero-order valence-electron chi connectivity index (χ0n) is 20.7. The summed E-state index contributed by atoms with van der Waals surface area (Å²) < 4.78 is 29.2. The van der Waals surface area contributed by atoms with E-state index >= 15 is 0 Å². The molecule has 0 aliphatic carbocycles. The average Bonchev–Trinajstić information content (AvgIpc) is 3.37. The summed E-state index contributed by atoms with van der Waals surface area (Å²) in [7, 11) is -3.90. The number of hydrogen-bond donors (Lipinski definition) is 2. The van der Waals surface area contributed by atoms with Crippen LogP contribution in [0.5, 0.6) is 0 Å². The zero-order valence-corrected chi connectivity index (χ0v) is 21.5. The van der Waals surface area contributed by atoms with Gasteiger partial charge in [0, 0.05) is 17.5 Å². The molecule has 0 fully saturated rings. The third-order valence-corrected chi connectivity index (χ3v) is 8.16. The van der Waals surface area contributed by atoms with Crippen LogP contribution in [0, 0.1) is 0 Å². The molecule has 2 N–H and O–H groups in total. The number of carbonyl (C=O) groups is 2. The van der Waals surface area contributed by atoms with Gasteiger partial charge in [0.05, 0.1) is 22.0 Å². The van der Waals surface area contributed by atoms with Gasteiger partial charge in [0.25, 0.3) is 27.4 Å². The molecule has 3 aromatic carbocycles. The van der Waals surface area contributed by atoms with Gasteiger partial charge in [0.15, 0.2) is 5.69 Å². The molecular weight excluding hydrogens is 506 g/mol. The zero-order chi connectivity index (χ0) is 27.0. The van der Waals surface area contributed by atoms with Crippen molar-refractivity contribution >= 4 is 38.3 Å². The summed E-state index contributed by atoms with van der Waals surface area (Å²) in [6.07, 6.45) is 0.606. The molecule has 0 saturated carbocycles. The van der Waals surface area contributed by atoms with E-state index in [0.717, 1.165) is 5.56 Å². The Balaban J connectivity index is 1.37. The number of anilines is 1. The van der Waals surface area contributed by atoms with Gasteiger partial charge in [-0.15, -0.1) is 0 Å². The number of nitrogens with zero attached hydrogens (tertiary/aromatic N) is 3. The second-order valence-electron chi connectivity index (χ2n) is 9.13. The highest BCUT2D eigenvalue weighted by atomic mass is 32.2. The second kappa shape index (κ2) is 9.75. The second-order valence-corrected chi connectivity index (χ2v) is 11.0. The summed E-state index contributed by atoms with van der Waals surface area (Å²) in [5, 5.41) is 4.89. The van der Waals surface area contributed by atoms with Gasteiger partial charge < -0.3 is 0 Å². The van der Waals surface area contributed by atoms with Crippen LogP contribution >= 0.6 is 0 Å². The molecule has 38 heavy (non-hydrogen) atoms. The third kappa shape index (κ3) is 4.41. The van der Waals surface area contributed by atoms with E-state index in [2.05, 4.69) is 16.0 Å². The molecule has 1 aromatic heterocycles. The Morgan fingerprint density at radius 2 is 1.58 bits per heavy atom. The Morgan fingerprint density at radius 3 is 2.34 bits per heavy atom. The van der Waals surface area contributed by atoms with Crippen LogP contribution in [0.1, 0.15) is 46.3 Å². The summed E-state index contributed by atoms with van der Waals surface area (Å²) in [5.41, 5.74) is 5.90. The number of rotatable bonds is 5. The van der Waals surface area contributed by atoms with Crippen LogP contribution < -0.4 is 20.7 Å². The quantitative estimate of drug-likeness (QED) is 0.381. The number of para-hydroxylation sites is 1. The Bertz CT molecular complexity index is 1750. The van der Waals surface area contributed by atoms with E-state index in [4.69, 9.17) is 0 Å². The molecule has 1 aliphatic heterocycles. The molecule has 0 bridgehead atoms. The predicted octanol–water partition coefficient (Wildman–Crippen LogP) is 2.80. The van der Waals surface area contributed by atoms with E-state index in [1.54, 1.807) is 50.2 Å². The van der Waals surface area contributed by atoms with Crippen LogP contribution in [0.2, 0.25) is 0 Å². The summed E-state index contributed by atoms with van der Waals surface area (Å²) in [4.78, 5) is 38.5. The van der Waals surface area contributed by atoms with Gasteiger partial charge in [0.1, 0.15) is 0 Å². The van der Waals surface area contributed by atoms with Crippen LogP contribution in [0.4, 0.5) is 5.69 Å². The van der Waals surface area contributed by atoms with Crippen molar-refractivity contribution in [2.45, 2.75) is 31.2 Å². The maximum Gasteiger partial charge on any atom is 0.290 e. The van der Waals surface area contributed by atoms with Crippen LogP contribution in [0.15, 0.2) is 82.5 Å². The third-order valence-electron chi connectivity index (χ3n) is 6.35. The van der Waals surface area contributed by atoms with Crippen molar-refractivity contribution in [2.24, 2.45) is 0 Å². The smallest absolute Gasteiger partial charge is 0.267 e. The van der Waals surface area contributed by atoms with Gasteiger partial charge in [-0.1, -0.05) is 42.5 Å². The summed E-state index contributed by atoms with van der Waals surface area (Å²) in [5.74, 6) is -1.43. The highest BCUT2D eigenvalue weighted by Crippen LogP contribution is 2.32. The average molecular weight is 532 g/mol. The normalized spacial score (nSPS) is 13.0. The molecule has 194 valence electrons. The van der Waals surface area contributed by atoms with Crippen molar-refractivity contribution < 1.29 is 18.0 Å². The lowest BCUT2D eigenvalue weighted by Gasteiger charge is -2.20. The van der Waals surface area contributed by atoms with Gasteiger partial charge >= 0.3 is 0 Å². The molecule has 1 aliphatic rings. The highest BCUT2D eigenvalue weighted by molar-refractivity contribution is 7.92. The number of hydrogen-bond acceptors (Lipinski definition) is 6. The first-order chi connectivity index (χ1) is 18.2. The Hall–Kier alpha value is -4.51. The number of amides is 2. The molecule has 0 radical (unpaired) electrons. The molecule has 4 aromatic rings. The number of fused-ring (bicyclic) bond motifs is 2. The summed E-state index contributed by atoms with van der Waals surface area (Å²) in [6, 6.07) is 19.2. The van der Waals surface area contributed by atoms with Crippen LogP contribution in [-0.4, -0.2) is 36.6 Å². The first kappa shape index (κ1) is 25.2. The fraction of sp³-hybridized carbons (Fsp3) is 0.185. The number of nitrogens with one attached hydrogen (secondary N) is 2. The predicted molar refractivity (Wildman–Crippen MR) is 142 cm³/mol. The van der Waals surface area contributed by atoms with E-state index in [1.807, 2.05) is 12.1 Å². The van der Waals surface area contributed by atoms with Gasteiger partial charge in [-0.25, -0.2) is 13.1 Å². The van der Waals surface area contributed by atoms with E-state index < -0.39 is 21.8 Å². The molecule has 0 saturated heterocycles. The van der Waals surface area contributed by atoms with Gasteiger partial charge in [0.2, 0.25) is 0 Å². The van der Waals surface area contributed by atoms with Crippen molar-refractivity contribution in [3.05, 3.63) is 100.0 Å². The number of hydrazine groups is 1. The number of carbonyl (C=O) groups excluding carboxylic acids is 2. The van der Waals surface area contributed by atoms with Crippen molar-refractivity contribution in [1.29, 1.82) is 0 Å². The lowest BCUT2D eigenvalue weighted by atomic mass is 10.1. The van der Waals surface area contributed by atoms with Crippen LogP contribution in [0.3, 0.4) is 0 Å². The fourth-order valence-electron chi connectivity index (χ4n) is 4.45. The fourth-order valence-corrected chi connectivity index (χ4v) is 6.00. The molecule has 2 heterocycles. The largest absolute Gasteiger partial charge is 0.290 e. The number of benzene rings is 3. The Morgan fingerprint density at radius 1 is 0.895 bits per heavy atom. The minimum atomic E-state index is -3.90. The first-order valence-corrected chi connectivity index (χ1v) is 13.5.